The van der Waals surface area contributed by atoms with Crippen molar-refractivity contribution in [2.75, 3.05) is 11.9 Å². The molecule has 6 nitrogen and oxygen atoms in total. The monoisotopic (exact) mass is 246 g/mol. The Morgan fingerprint density at radius 3 is 3.08 bits per heavy atom. The fraction of sp³-hybridized carbons (Fsp3) is 0.167. The van der Waals surface area contributed by atoms with E-state index in [1.54, 1.807) is 0 Å². The predicted octanol–water partition coefficient (Wildman–Crippen LogP) is -0.570. The molecule has 1 heterocycles. The van der Waals surface area contributed by atoms with Gasteiger partial charge in [0, 0.05) is 0 Å². The van der Waals surface area contributed by atoms with Crippen molar-refractivity contribution in [3.05, 3.63) is 21.2 Å². The van der Waals surface area contributed by atoms with Crippen LogP contribution in [0.15, 0.2) is 15.6 Å². The van der Waals surface area contributed by atoms with Gasteiger partial charge in [-0.25, -0.2) is 4.98 Å². The van der Waals surface area contributed by atoms with Gasteiger partial charge in [0.15, 0.2) is 0 Å². The second kappa shape index (κ2) is 4.04. The molecule has 1 aromatic heterocycles. The SMILES string of the molecule is NC(=O)CNc1nc[nH]c(=O)c1Br. The van der Waals surface area contributed by atoms with E-state index in [0.717, 1.165) is 0 Å². The fourth-order valence-electron chi connectivity index (χ4n) is 0.677. The molecule has 0 aliphatic heterocycles. The van der Waals surface area contributed by atoms with E-state index in [4.69, 9.17) is 5.73 Å². The summed E-state index contributed by atoms with van der Waals surface area (Å²) in [7, 11) is 0. The summed E-state index contributed by atoms with van der Waals surface area (Å²) >= 11 is 3.01. The summed E-state index contributed by atoms with van der Waals surface area (Å²) in [5.74, 6) is -0.225. The Morgan fingerprint density at radius 1 is 1.77 bits per heavy atom. The second-order valence-electron chi connectivity index (χ2n) is 2.21. The van der Waals surface area contributed by atoms with Crippen molar-refractivity contribution in [1.29, 1.82) is 0 Å². The van der Waals surface area contributed by atoms with Crippen LogP contribution in [-0.4, -0.2) is 22.4 Å². The topological polar surface area (TPSA) is 101 Å². The van der Waals surface area contributed by atoms with E-state index in [1.807, 2.05) is 0 Å². The number of nitrogens with one attached hydrogen (secondary N) is 2. The Hall–Kier alpha value is -1.37. The highest BCUT2D eigenvalue weighted by atomic mass is 79.9. The van der Waals surface area contributed by atoms with E-state index >= 15 is 0 Å². The van der Waals surface area contributed by atoms with E-state index in [0.29, 0.717) is 5.82 Å². The van der Waals surface area contributed by atoms with Crippen LogP contribution in [0.4, 0.5) is 5.82 Å². The average molecular weight is 247 g/mol. The summed E-state index contributed by atoms with van der Waals surface area (Å²) < 4.78 is 0.247. The van der Waals surface area contributed by atoms with Gasteiger partial charge in [-0.3, -0.25) is 9.59 Å². The maximum absolute atomic E-state index is 11.0. The lowest BCUT2D eigenvalue weighted by molar-refractivity contribution is -0.116. The molecular formula is C6H7BrN4O2. The van der Waals surface area contributed by atoms with Crippen LogP contribution in [0.2, 0.25) is 0 Å². The number of H-pyrrole nitrogens is 1. The predicted molar refractivity (Wildman–Crippen MR) is 50.2 cm³/mol. The van der Waals surface area contributed by atoms with E-state index in [9.17, 15) is 9.59 Å². The van der Waals surface area contributed by atoms with Crippen molar-refractivity contribution in [3.63, 3.8) is 0 Å². The van der Waals surface area contributed by atoms with Gasteiger partial charge in [-0.2, -0.15) is 0 Å². The molecule has 0 atom stereocenters. The fourth-order valence-corrected chi connectivity index (χ4v) is 1.03. The third-order valence-electron chi connectivity index (χ3n) is 1.23. The Bertz CT molecular complexity index is 375. The van der Waals surface area contributed by atoms with E-state index in [1.165, 1.54) is 6.33 Å². The zero-order valence-electron chi connectivity index (χ0n) is 6.50. The molecule has 0 spiro atoms. The lowest BCUT2D eigenvalue weighted by Crippen LogP contribution is -2.23. The second-order valence-corrected chi connectivity index (χ2v) is 3.01. The first-order valence-corrected chi connectivity index (χ1v) is 4.16. The summed E-state index contributed by atoms with van der Waals surface area (Å²) in [5.41, 5.74) is 4.58. The number of nitrogens with two attached hydrogens (primary N) is 1. The molecule has 0 saturated carbocycles. The molecule has 4 N–H and O–H groups in total. The minimum Gasteiger partial charge on any atom is -0.368 e. The average Bonchev–Trinajstić information content (AvgIpc) is 2.07. The molecule has 0 aliphatic rings. The molecule has 0 bridgehead atoms. The molecule has 1 amide bonds. The van der Waals surface area contributed by atoms with Gasteiger partial charge >= 0.3 is 0 Å². The first-order chi connectivity index (χ1) is 6.11. The van der Waals surface area contributed by atoms with Gasteiger partial charge in [-0.05, 0) is 15.9 Å². The zero-order chi connectivity index (χ0) is 9.84. The molecular weight excluding hydrogens is 240 g/mol. The molecule has 1 aromatic rings. The molecule has 0 aliphatic carbocycles. The Morgan fingerprint density at radius 2 is 2.46 bits per heavy atom. The molecule has 0 saturated heterocycles. The van der Waals surface area contributed by atoms with Gasteiger partial charge in [0.2, 0.25) is 5.91 Å². The molecule has 0 unspecified atom stereocenters. The summed E-state index contributed by atoms with van der Waals surface area (Å²) in [5, 5.41) is 2.60. The molecule has 0 fully saturated rings. The quantitative estimate of drug-likeness (QED) is 0.665. The molecule has 7 heteroatoms. The van der Waals surface area contributed by atoms with Crippen molar-refractivity contribution in [3.8, 4) is 0 Å². The van der Waals surface area contributed by atoms with E-state index < -0.39 is 5.91 Å². The number of rotatable bonds is 3. The van der Waals surface area contributed by atoms with Gasteiger partial charge in [0.1, 0.15) is 10.3 Å². The minimum atomic E-state index is -0.519. The number of carbonyl (C=O) groups excluding carboxylic acids is 1. The summed E-state index contributed by atoms with van der Waals surface area (Å²) in [6.07, 6.45) is 1.23. The number of aromatic amines is 1. The van der Waals surface area contributed by atoms with Crippen molar-refractivity contribution in [2.24, 2.45) is 5.73 Å². The molecule has 0 radical (unpaired) electrons. The Labute approximate surface area is 81.7 Å². The van der Waals surface area contributed by atoms with Crippen molar-refractivity contribution >= 4 is 27.7 Å². The van der Waals surface area contributed by atoms with Crippen LogP contribution in [-0.2, 0) is 4.79 Å². The number of anilines is 1. The van der Waals surface area contributed by atoms with Crippen LogP contribution in [0.1, 0.15) is 0 Å². The first kappa shape index (κ1) is 9.72. The maximum atomic E-state index is 11.0. The Kier molecular flexibility index (Phi) is 3.02. The normalized spacial score (nSPS) is 9.62. The maximum Gasteiger partial charge on any atom is 0.267 e. The summed E-state index contributed by atoms with van der Waals surface area (Å²) in [4.78, 5) is 27.5. The van der Waals surface area contributed by atoms with E-state index in [-0.39, 0.29) is 16.6 Å². The third kappa shape index (κ3) is 2.55. The number of carbonyl (C=O) groups is 1. The van der Waals surface area contributed by atoms with Gasteiger partial charge < -0.3 is 16.0 Å². The molecule has 13 heavy (non-hydrogen) atoms. The number of hydrogen-bond acceptors (Lipinski definition) is 4. The van der Waals surface area contributed by atoms with Gasteiger partial charge in [-0.1, -0.05) is 0 Å². The molecule has 0 aromatic carbocycles. The number of primary amides is 1. The Balaban J connectivity index is 2.83. The van der Waals surface area contributed by atoms with Crippen molar-refractivity contribution < 1.29 is 4.79 Å². The first-order valence-electron chi connectivity index (χ1n) is 3.36. The zero-order valence-corrected chi connectivity index (χ0v) is 8.09. The molecule has 70 valence electrons. The summed E-state index contributed by atoms with van der Waals surface area (Å²) in [6, 6.07) is 0. The van der Waals surface area contributed by atoms with Crippen molar-refractivity contribution in [1.82, 2.24) is 9.97 Å². The molecule has 1 rings (SSSR count). The highest BCUT2D eigenvalue weighted by Gasteiger charge is 2.04. The lowest BCUT2D eigenvalue weighted by Gasteiger charge is -2.02. The number of halogens is 1. The third-order valence-corrected chi connectivity index (χ3v) is 1.96. The number of hydrogen-bond donors (Lipinski definition) is 3. The van der Waals surface area contributed by atoms with Crippen LogP contribution in [0.25, 0.3) is 0 Å². The van der Waals surface area contributed by atoms with Crippen LogP contribution in [0.3, 0.4) is 0 Å². The van der Waals surface area contributed by atoms with E-state index in [2.05, 4.69) is 31.2 Å². The number of nitrogens with zero attached hydrogens (tertiary/aromatic N) is 1. The van der Waals surface area contributed by atoms with Gasteiger partial charge in [0.25, 0.3) is 5.56 Å². The highest BCUT2D eigenvalue weighted by Crippen LogP contribution is 2.11. The lowest BCUT2D eigenvalue weighted by atomic mass is 10.5. The summed E-state index contributed by atoms with van der Waals surface area (Å²) in [6.45, 7) is -0.0605. The highest BCUT2D eigenvalue weighted by molar-refractivity contribution is 9.10. The van der Waals surface area contributed by atoms with Crippen LogP contribution in [0.5, 0.6) is 0 Å². The largest absolute Gasteiger partial charge is 0.368 e. The smallest absolute Gasteiger partial charge is 0.267 e. The van der Waals surface area contributed by atoms with Crippen LogP contribution < -0.4 is 16.6 Å². The number of aromatic nitrogens is 2. The van der Waals surface area contributed by atoms with Gasteiger partial charge in [-0.15, -0.1) is 0 Å². The van der Waals surface area contributed by atoms with Crippen LogP contribution >= 0.6 is 15.9 Å². The van der Waals surface area contributed by atoms with Crippen LogP contribution in [0, 0.1) is 0 Å². The minimum absolute atomic E-state index is 0.0605. The van der Waals surface area contributed by atoms with Gasteiger partial charge in [0.05, 0.1) is 12.9 Å². The van der Waals surface area contributed by atoms with Crippen molar-refractivity contribution in [2.45, 2.75) is 0 Å². The standard InChI is InChI=1S/C6H7BrN4O2/c7-4-5(9-1-3(8)12)10-2-11-6(4)13/h2H,1H2,(H2,8,12)(H2,9,10,11,13). The number of amides is 1.